The molecule has 7 heteroatoms. The summed E-state index contributed by atoms with van der Waals surface area (Å²) in [6.45, 7) is 2.72. The molecule has 1 unspecified atom stereocenters. The van der Waals surface area contributed by atoms with Crippen LogP contribution in [0.15, 0.2) is 10.7 Å². The van der Waals surface area contributed by atoms with Crippen LogP contribution in [0.25, 0.3) is 0 Å². The van der Waals surface area contributed by atoms with Crippen LogP contribution in [0.4, 0.5) is 4.79 Å². The van der Waals surface area contributed by atoms with Crippen molar-refractivity contribution in [3.63, 3.8) is 0 Å². The maximum absolute atomic E-state index is 11.0. The van der Waals surface area contributed by atoms with E-state index in [0.29, 0.717) is 29.1 Å². The summed E-state index contributed by atoms with van der Waals surface area (Å²) in [6, 6.07) is 3.63. The highest BCUT2D eigenvalue weighted by Gasteiger charge is 2.25. The lowest BCUT2D eigenvalue weighted by Crippen LogP contribution is -2.43. The molecule has 1 fully saturated rings. The molecular weight excluding hydrogens is 326 g/mol. The molecule has 0 spiro atoms. The molecule has 1 aromatic heterocycles. The molecule has 20 heavy (non-hydrogen) atoms. The van der Waals surface area contributed by atoms with Gasteiger partial charge in [-0.2, -0.15) is 5.26 Å². The molecular formula is C13H14BrN3O3. The summed E-state index contributed by atoms with van der Waals surface area (Å²) in [5.41, 5.74) is 1.12. The van der Waals surface area contributed by atoms with Crippen LogP contribution in [-0.2, 0) is 0 Å². The fourth-order valence-electron chi connectivity index (χ4n) is 2.20. The Morgan fingerprint density at radius 2 is 2.45 bits per heavy atom. The van der Waals surface area contributed by atoms with Crippen LogP contribution in [0.1, 0.15) is 24.1 Å². The number of amides is 1. The predicted molar refractivity (Wildman–Crippen MR) is 74.6 cm³/mol. The van der Waals surface area contributed by atoms with Gasteiger partial charge in [-0.25, -0.2) is 9.78 Å². The summed E-state index contributed by atoms with van der Waals surface area (Å²) in [5, 5.41) is 17.9. The van der Waals surface area contributed by atoms with Gasteiger partial charge in [-0.05, 0) is 47.3 Å². The van der Waals surface area contributed by atoms with Gasteiger partial charge in [-0.1, -0.05) is 0 Å². The number of piperidine rings is 1. The Bertz CT molecular complexity index is 547. The zero-order valence-electron chi connectivity index (χ0n) is 11.0. The van der Waals surface area contributed by atoms with Gasteiger partial charge in [0.25, 0.3) is 0 Å². The van der Waals surface area contributed by atoms with Gasteiger partial charge in [0.15, 0.2) is 5.75 Å². The Morgan fingerprint density at radius 1 is 1.70 bits per heavy atom. The van der Waals surface area contributed by atoms with E-state index in [9.17, 15) is 4.79 Å². The minimum absolute atomic E-state index is 0.190. The van der Waals surface area contributed by atoms with Crippen LogP contribution in [-0.4, -0.2) is 40.3 Å². The Morgan fingerprint density at radius 3 is 3.05 bits per heavy atom. The zero-order valence-corrected chi connectivity index (χ0v) is 12.6. The van der Waals surface area contributed by atoms with E-state index in [1.54, 1.807) is 6.07 Å². The number of halogens is 1. The van der Waals surface area contributed by atoms with Crippen molar-refractivity contribution in [2.75, 3.05) is 13.1 Å². The topological polar surface area (TPSA) is 86.5 Å². The quantitative estimate of drug-likeness (QED) is 0.836. The van der Waals surface area contributed by atoms with E-state index < -0.39 is 6.09 Å². The molecule has 2 rings (SSSR count). The zero-order chi connectivity index (χ0) is 14.7. The number of ether oxygens (including phenoxy) is 1. The number of rotatable bonds is 2. The van der Waals surface area contributed by atoms with Crippen LogP contribution < -0.4 is 4.74 Å². The second kappa shape index (κ2) is 6.09. The Labute approximate surface area is 125 Å². The van der Waals surface area contributed by atoms with E-state index >= 15 is 0 Å². The van der Waals surface area contributed by atoms with Gasteiger partial charge in [-0.3, -0.25) is 0 Å². The Kier molecular flexibility index (Phi) is 4.45. The van der Waals surface area contributed by atoms with E-state index in [4.69, 9.17) is 15.1 Å². The number of nitrogens with zero attached hydrogens (tertiary/aromatic N) is 3. The summed E-state index contributed by atoms with van der Waals surface area (Å²) < 4.78 is 6.35. The van der Waals surface area contributed by atoms with Crippen LogP contribution in [0.5, 0.6) is 5.75 Å². The van der Waals surface area contributed by atoms with Crippen molar-refractivity contribution in [3.05, 3.63) is 21.9 Å². The van der Waals surface area contributed by atoms with Crippen molar-refractivity contribution >= 4 is 22.0 Å². The Balaban J connectivity index is 2.14. The lowest BCUT2D eigenvalue weighted by molar-refractivity contribution is 0.0782. The minimum atomic E-state index is -0.924. The average molecular weight is 340 g/mol. The van der Waals surface area contributed by atoms with Gasteiger partial charge >= 0.3 is 6.09 Å². The van der Waals surface area contributed by atoms with Gasteiger partial charge in [0, 0.05) is 6.54 Å². The highest BCUT2D eigenvalue weighted by Crippen LogP contribution is 2.30. The lowest BCUT2D eigenvalue weighted by atomic mass is 10.1. The van der Waals surface area contributed by atoms with Gasteiger partial charge in [0.1, 0.15) is 22.5 Å². The van der Waals surface area contributed by atoms with Crippen LogP contribution >= 0.6 is 15.9 Å². The van der Waals surface area contributed by atoms with E-state index in [0.717, 1.165) is 18.4 Å². The first kappa shape index (κ1) is 14.6. The van der Waals surface area contributed by atoms with Gasteiger partial charge in [0.05, 0.1) is 6.54 Å². The summed E-state index contributed by atoms with van der Waals surface area (Å²) in [6.07, 6.45) is 0.462. The van der Waals surface area contributed by atoms with Crippen molar-refractivity contribution in [1.82, 2.24) is 9.88 Å². The molecule has 0 saturated carbocycles. The first-order valence-electron chi connectivity index (χ1n) is 6.23. The molecule has 0 bridgehead atoms. The first-order valence-corrected chi connectivity index (χ1v) is 7.02. The molecule has 1 amide bonds. The molecule has 106 valence electrons. The molecule has 0 aliphatic carbocycles. The Hall–Kier alpha value is -1.81. The lowest BCUT2D eigenvalue weighted by Gasteiger charge is -2.31. The van der Waals surface area contributed by atoms with E-state index in [1.165, 1.54) is 4.90 Å². The number of nitriles is 1. The van der Waals surface area contributed by atoms with E-state index in [-0.39, 0.29) is 6.10 Å². The summed E-state index contributed by atoms with van der Waals surface area (Å²) in [4.78, 5) is 16.4. The maximum atomic E-state index is 11.0. The summed E-state index contributed by atoms with van der Waals surface area (Å²) in [5.74, 6) is 0.571. The second-order valence-corrected chi connectivity index (χ2v) is 5.42. The molecule has 0 aromatic carbocycles. The number of hydrogen-bond donors (Lipinski definition) is 1. The fraction of sp³-hybridized carbons (Fsp3) is 0.462. The summed E-state index contributed by atoms with van der Waals surface area (Å²) in [7, 11) is 0. The first-order chi connectivity index (χ1) is 9.51. The SMILES string of the molecule is Cc1cc(C#N)nc(Br)c1OC1CCCN(C(=O)O)C1. The molecule has 0 radical (unpaired) electrons. The van der Waals surface area contributed by atoms with E-state index in [1.807, 2.05) is 13.0 Å². The van der Waals surface area contributed by atoms with Gasteiger partial charge in [0.2, 0.25) is 0 Å². The van der Waals surface area contributed by atoms with Gasteiger partial charge in [-0.15, -0.1) is 0 Å². The monoisotopic (exact) mass is 339 g/mol. The van der Waals surface area contributed by atoms with Crippen molar-refractivity contribution in [3.8, 4) is 11.8 Å². The van der Waals surface area contributed by atoms with Crippen LogP contribution in [0.2, 0.25) is 0 Å². The number of pyridine rings is 1. The smallest absolute Gasteiger partial charge is 0.407 e. The van der Waals surface area contributed by atoms with Crippen molar-refractivity contribution in [1.29, 1.82) is 5.26 Å². The third-order valence-electron chi connectivity index (χ3n) is 3.17. The molecule has 1 aliphatic heterocycles. The summed E-state index contributed by atoms with van der Waals surface area (Å²) >= 11 is 3.29. The number of aryl methyl sites for hydroxylation is 1. The normalized spacial score (nSPS) is 18.4. The number of aromatic nitrogens is 1. The second-order valence-electron chi connectivity index (χ2n) is 4.67. The molecule has 1 aliphatic rings. The third kappa shape index (κ3) is 3.20. The van der Waals surface area contributed by atoms with Crippen molar-refractivity contribution < 1.29 is 14.6 Å². The molecule has 6 nitrogen and oxygen atoms in total. The molecule has 1 atom stereocenters. The fourth-order valence-corrected chi connectivity index (χ4v) is 2.79. The number of likely N-dealkylation sites (tertiary alicyclic amines) is 1. The maximum Gasteiger partial charge on any atom is 0.407 e. The molecule has 1 N–H and O–H groups in total. The van der Waals surface area contributed by atoms with Crippen LogP contribution in [0.3, 0.4) is 0 Å². The van der Waals surface area contributed by atoms with Crippen molar-refractivity contribution in [2.24, 2.45) is 0 Å². The largest absolute Gasteiger partial charge is 0.485 e. The highest BCUT2D eigenvalue weighted by molar-refractivity contribution is 9.10. The minimum Gasteiger partial charge on any atom is -0.485 e. The van der Waals surface area contributed by atoms with E-state index in [2.05, 4.69) is 20.9 Å². The van der Waals surface area contributed by atoms with Crippen molar-refractivity contribution in [2.45, 2.75) is 25.9 Å². The van der Waals surface area contributed by atoms with Crippen LogP contribution in [0, 0.1) is 18.3 Å². The molecule has 2 heterocycles. The number of hydrogen-bond acceptors (Lipinski definition) is 4. The predicted octanol–water partition coefficient (Wildman–Crippen LogP) is 2.55. The molecule has 1 aromatic rings. The average Bonchev–Trinajstić information content (AvgIpc) is 2.42. The third-order valence-corrected chi connectivity index (χ3v) is 3.70. The highest BCUT2D eigenvalue weighted by atomic mass is 79.9. The molecule has 1 saturated heterocycles. The number of carboxylic acid groups (broad SMARTS) is 1. The standard InChI is InChI=1S/C13H14BrN3O3/c1-8-5-9(6-15)16-12(14)11(8)20-10-3-2-4-17(7-10)13(18)19/h5,10H,2-4,7H2,1H3,(H,18,19). The van der Waals surface area contributed by atoms with Gasteiger partial charge < -0.3 is 14.7 Å². The number of carbonyl (C=O) groups is 1.